The lowest BCUT2D eigenvalue weighted by molar-refractivity contribution is -0.873. The van der Waals surface area contributed by atoms with Crippen molar-refractivity contribution in [3.8, 4) is 0 Å². The molecule has 0 bridgehead atoms. The minimum absolute atomic E-state index is 0.252. The Kier molecular flexibility index (Phi) is 5.53. The van der Waals surface area contributed by atoms with E-state index < -0.39 is 0 Å². The highest BCUT2D eigenvalue weighted by Gasteiger charge is 2.15. The molecule has 0 rings (SSSR count). The van der Waals surface area contributed by atoms with Gasteiger partial charge in [-0.2, -0.15) is 0 Å². The van der Waals surface area contributed by atoms with E-state index in [0.717, 1.165) is 17.4 Å². The molecule has 2 atom stereocenters. The van der Waals surface area contributed by atoms with Crippen LogP contribution in [0.4, 0.5) is 0 Å². The molecule has 0 fully saturated rings. The van der Waals surface area contributed by atoms with Crippen molar-refractivity contribution in [3.05, 3.63) is 0 Å². The number of hydrogen-bond donors (Lipinski definition) is 1. The molecule has 0 aliphatic heterocycles. The molecule has 0 amide bonds. The van der Waals surface area contributed by atoms with E-state index in [1.807, 2.05) is 6.92 Å². The predicted molar refractivity (Wildman–Crippen MR) is 54.6 cm³/mol. The van der Waals surface area contributed by atoms with E-state index >= 15 is 0 Å². The average molecular weight is 190 g/mol. The topological polar surface area (TPSA) is 29.5 Å². The molecule has 0 radical (unpaired) electrons. The maximum absolute atomic E-state index is 9.59. The van der Waals surface area contributed by atoms with Gasteiger partial charge in [-0.3, -0.25) is 0 Å². The minimum Gasteiger partial charge on any atom is -0.385 e. The fraction of sp³-hybridized carbons (Fsp3) is 1.00. The third-order valence-corrected chi connectivity index (χ3v) is 1.91. The highest BCUT2D eigenvalue weighted by atomic mass is 16.5. The van der Waals surface area contributed by atoms with E-state index in [-0.39, 0.29) is 12.2 Å². The van der Waals surface area contributed by atoms with Gasteiger partial charge in [-0.15, -0.1) is 0 Å². The molecule has 1 N–H and O–H groups in total. The van der Waals surface area contributed by atoms with Gasteiger partial charge in [-0.25, -0.2) is 0 Å². The molecule has 2 unspecified atom stereocenters. The van der Waals surface area contributed by atoms with Gasteiger partial charge >= 0.3 is 0 Å². The van der Waals surface area contributed by atoms with Crippen LogP contribution in [0.2, 0.25) is 0 Å². The van der Waals surface area contributed by atoms with Crippen LogP contribution in [0.15, 0.2) is 0 Å². The van der Waals surface area contributed by atoms with Gasteiger partial charge in [-0.05, 0) is 13.3 Å². The summed E-state index contributed by atoms with van der Waals surface area (Å²) in [7, 11) is 6.19. The number of nitrogens with zero attached hydrogens (tertiary/aromatic N) is 1. The van der Waals surface area contributed by atoms with E-state index in [9.17, 15) is 5.11 Å². The Balaban J connectivity index is 3.57. The van der Waals surface area contributed by atoms with Crippen LogP contribution in [0.3, 0.4) is 0 Å². The Morgan fingerprint density at radius 3 is 2.23 bits per heavy atom. The molecule has 0 aromatic rings. The lowest BCUT2D eigenvalue weighted by atomic mass is 10.3. The zero-order chi connectivity index (χ0) is 10.5. The monoisotopic (exact) mass is 190 g/mol. The zero-order valence-corrected chi connectivity index (χ0v) is 9.58. The summed E-state index contributed by atoms with van der Waals surface area (Å²) in [5.74, 6) is 0. The quantitative estimate of drug-likeness (QED) is 0.630. The normalized spacial score (nSPS) is 17.1. The molecule has 0 aromatic carbocycles. The van der Waals surface area contributed by atoms with E-state index in [2.05, 4.69) is 28.1 Å². The molecule has 13 heavy (non-hydrogen) atoms. The summed E-state index contributed by atoms with van der Waals surface area (Å²) in [5, 5.41) is 9.59. The second-order valence-electron chi connectivity index (χ2n) is 4.68. The van der Waals surface area contributed by atoms with Crippen LogP contribution >= 0.6 is 0 Å². The summed E-state index contributed by atoms with van der Waals surface area (Å²) >= 11 is 0. The van der Waals surface area contributed by atoms with Crippen LogP contribution in [-0.2, 0) is 4.74 Å². The molecular weight excluding hydrogens is 166 g/mol. The van der Waals surface area contributed by atoms with Crippen molar-refractivity contribution in [2.75, 3.05) is 34.3 Å². The number of ether oxygens (including phenoxy) is 1. The van der Waals surface area contributed by atoms with Crippen LogP contribution in [0, 0.1) is 0 Å². The van der Waals surface area contributed by atoms with Gasteiger partial charge in [0, 0.05) is 0 Å². The smallest absolute Gasteiger partial charge is 0.126 e. The van der Waals surface area contributed by atoms with Crippen molar-refractivity contribution in [1.82, 2.24) is 0 Å². The van der Waals surface area contributed by atoms with Gasteiger partial charge in [0.25, 0.3) is 0 Å². The van der Waals surface area contributed by atoms with Gasteiger partial charge in [0.05, 0.1) is 33.9 Å². The highest BCUT2D eigenvalue weighted by Crippen LogP contribution is 2.00. The standard InChI is InChI=1S/C10H24NO2/c1-6-9(2)13-8-10(12)7-11(3,4)5/h9-10,12H,6-8H2,1-5H3/q+1. The lowest BCUT2D eigenvalue weighted by Gasteiger charge is -2.27. The summed E-state index contributed by atoms with van der Waals surface area (Å²) in [4.78, 5) is 0. The van der Waals surface area contributed by atoms with E-state index in [0.29, 0.717) is 6.61 Å². The van der Waals surface area contributed by atoms with Crippen molar-refractivity contribution in [1.29, 1.82) is 0 Å². The molecule has 0 aliphatic carbocycles. The van der Waals surface area contributed by atoms with Crippen molar-refractivity contribution in [2.24, 2.45) is 0 Å². The van der Waals surface area contributed by atoms with Crippen LogP contribution in [0.5, 0.6) is 0 Å². The second-order valence-corrected chi connectivity index (χ2v) is 4.68. The van der Waals surface area contributed by atoms with E-state index in [4.69, 9.17) is 4.74 Å². The molecule has 0 saturated heterocycles. The van der Waals surface area contributed by atoms with Crippen LogP contribution in [0.1, 0.15) is 20.3 Å². The number of hydrogen-bond acceptors (Lipinski definition) is 2. The third-order valence-electron chi connectivity index (χ3n) is 1.91. The number of quaternary nitrogens is 1. The number of likely N-dealkylation sites (N-methyl/N-ethyl adjacent to an activating group) is 1. The Bertz CT molecular complexity index is 131. The van der Waals surface area contributed by atoms with Crippen molar-refractivity contribution < 1.29 is 14.3 Å². The van der Waals surface area contributed by atoms with Crippen molar-refractivity contribution in [3.63, 3.8) is 0 Å². The molecule has 3 heteroatoms. The van der Waals surface area contributed by atoms with E-state index in [1.54, 1.807) is 0 Å². The van der Waals surface area contributed by atoms with Crippen LogP contribution < -0.4 is 0 Å². The first-order valence-electron chi connectivity index (χ1n) is 4.95. The maximum Gasteiger partial charge on any atom is 0.126 e. The average Bonchev–Trinajstić information content (AvgIpc) is 1.97. The van der Waals surface area contributed by atoms with Gasteiger partial charge in [0.2, 0.25) is 0 Å². The first-order chi connectivity index (χ1) is 5.85. The Morgan fingerprint density at radius 2 is 1.85 bits per heavy atom. The predicted octanol–water partition coefficient (Wildman–Crippen LogP) is 0.869. The Hall–Kier alpha value is -0.120. The second kappa shape index (κ2) is 5.58. The SMILES string of the molecule is CCC(C)OCC(O)C[N+](C)(C)C. The summed E-state index contributed by atoms with van der Waals surface area (Å²) in [6, 6.07) is 0. The van der Waals surface area contributed by atoms with Crippen molar-refractivity contribution >= 4 is 0 Å². The molecule has 0 aromatic heterocycles. The number of aliphatic hydroxyl groups is 1. The molecular formula is C10H24NO2+. The fourth-order valence-electron chi connectivity index (χ4n) is 1.08. The van der Waals surface area contributed by atoms with Gasteiger partial charge < -0.3 is 14.3 Å². The highest BCUT2D eigenvalue weighted by molar-refractivity contribution is 4.53. The lowest BCUT2D eigenvalue weighted by Crippen LogP contribution is -2.43. The van der Waals surface area contributed by atoms with Crippen molar-refractivity contribution in [2.45, 2.75) is 32.5 Å². The molecule has 0 saturated carbocycles. The zero-order valence-electron chi connectivity index (χ0n) is 9.58. The number of rotatable bonds is 6. The summed E-state index contributed by atoms with van der Waals surface area (Å²) in [6.07, 6.45) is 0.896. The Morgan fingerprint density at radius 1 is 1.31 bits per heavy atom. The first-order valence-corrected chi connectivity index (χ1v) is 4.95. The maximum atomic E-state index is 9.59. The Labute approximate surface area is 81.9 Å². The van der Waals surface area contributed by atoms with E-state index in [1.165, 1.54) is 0 Å². The molecule has 0 heterocycles. The third kappa shape index (κ3) is 8.22. The summed E-state index contributed by atoms with van der Waals surface area (Å²) in [6.45, 7) is 5.29. The van der Waals surface area contributed by atoms with Gasteiger partial charge in [0.1, 0.15) is 12.6 Å². The fourth-order valence-corrected chi connectivity index (χ4v) is 1.08. The molecule has 0 aliphatic rings. The van der Waals surface area contributed by atoms with Crippen LogP contribution in [0.25, 0.3) is 0 Å². The van der Waals surface area contributed by atoms with Gasteiger partial charge in [0.15, 0.2) is 0 Å². The van der Waals surface area contributed by atoms with Gasteiger partial charge in [-0.1, -0.05) is 6.92 Å². The summed E-state index contributed by atoms with van der Waals surface area (Å²) in [5.41, 5.74) is 0. The largest absolute Gasteiger partial charge is 0.385 e. The number of aliphatic hydroxyl groups excluding tert-OH is 1. The minimum atomic E-state index is -0.353. The molecule has 80 valence electrons. The summed E-state index contributed by atoms with van der Waals surface area (Å²) < 4.78 is 6.21. The molecule has 0 spiro atoms. The first kappa shape index (κ1) is 12.9. The molecule has 3 nitrogen and oxygen atoms in total. The van der Waals surface area contributed by atoms with Crippen LogP contribution in [-0.4, -0.2) is 56.1 Å².